The molecule has 0 atom stereocenters. The van der Waals surface area contributed by atoms with Crippen molar-refractivity contribution in [3.8, 4) is 17.2 Å². The molecule has 0 aromatic heterocycles. The molecule has 1 aromatic rings. The summed E-state index contributed by atoms with van der Waals surface area (Å²) in [5.41, 5.74) is 1.18. The molecule has 1 rings (SSSR count). The van der Waals surface area contributed by atoms with Gasteiger partial charge in [-0.25, -0.2) is 0 Å². The summed E-state index contributed by atoms with van der Waals surface area (Å²) in [4.78, 5) is 0. The number of phenolic OH excluding ortho intramolecular Hbond substituents is 1. The summed E-state index contributed by atoms with van der Waals surface area (Å²) < 4.78 is 10.5. The lowest BCUT2D eigenvalue weighted by Gasteiger charge is -2.26. The molecule has 0 fully saturated rings. The van der Waals surface area contributed by atoms with E-state index in [9.17, 15) is 5.11 Å². The summed E-state index contributed by atoms with van der Waals surface area (Å²) in [6.45, 7) is 6.68. The Hall–Kier alpha value is -1.38. The van der Waals surface area contributed by atoms with Gasteiger partial charge in [-0.2, -0.15) is 0 Å². The van der Waals surface area contributed by atoms with E-state index in [1.165, 1.54) is 25.7 Å². The highest BCUT2D eigenvalue weighted by Gasteiger charge is 2.23. The third-order valence-corrected chi connectivity index (χ3v) is 3.92. The molecule has 0 saturated heterocycles. The van der Waals surface area contributed by atoms with Crippen LogP contribution in [0.2, 0.25) is 0 Å². The number of unbranched alkanes of at least 4 members (excludes halogenated alkanes) is 3. The van der Waals surface area contributed by atoms with Gasteiger partial charge in [-0.15, -0.1) is 0 Å². The van der Waals surface area contributed by atoms with Gasteiger partial charge in [-0.1, -0.05) is 46.5 Å². The second-order valence-electron chi connectivity index (χ2n) is 5.92. The summed E-state index contributed by atoms with van der Waals surface area (Å²) >= 11 is 0. The maximum Gasteiger partial charge on any atom is 0.200 e. The van der Waals surface area contributed by atoms with Gasteiger partial charge >= 0.3 is 0 Å². The molecular formula is C17H28O3. The van der Waals surface area contributed by atoms with Crippen molar-refractivity contribution in [1.82, 2.24) is 0 Å². The monoisotopic (exact) mass is 280 g/mol. The SMILES string of the molecule is CCCCCCC(C)(C)c1cc(OC)c(O)c(OC)c1. The molecule has 1 N–H and O–H groups in total. The van der Waals surface area contributed by atoms with Gasteiger partial charge in [-0.05, 0) is 29.5 Å². The van der Waals surface area contributed by atoms with Crippen molar-refractivity contribution in [2.75, 3.05) is 14.2 Å². The molecule has 0 saturated carbocycles. The van der Waals surface area contributed by atoms with Crippen LogP contribution in [0, 0.1) is 0 Å². The summed E-state index contributed by atoms with van der Waals surface area (Å²) in [5, 5.41) is 9.98. The standard InChI is InChI=1S/C17H28O3/c1-6-7-8-9-10-17(2,3)13-11-14(19-4)16(18)15(12-13)20-5/h11-12,18H,6-10H2,1-5H3. The third kappa shape index (κ3) is 4.06. The molecule has 0 aliphatic heterocycles. The summed E-state index contributed by atoms with van der Waals surface area (Å²) in [6.07, 6.45) is 6.14. The zero-order valence-corrected chi connectivity index (χ0v) is 13.5. The first-order valence-electron chi connectivity index (χ1n) is 7.41. The van der Waals surface area contributed by atoms with E-state index in [2.05, 4.69) is 20.8 Å². The van der Waals surface area contributed by atoms with Crippen LogP contribution in [0.25, 0.3) is 0 Å². The molecular weight excluding hydrogens is 252 g/mol. The minimum Gasteiger partial charge on any atom is -0.502 e. The molecule has 0 spiro atoms. The van der Waals surface area contributed by atoms with Crippen LogP contribution in [-0.4, -0.2) is 19.3 Å². The molecule has 20 heavy (non-hydrogen) atoms. The van der Waals surface area contributed by atoms with Crippen molar-refractivity contribution in [1.29, 1.82) is 0 Å². The van der Waals surface area contributed by atoms with Crippen molar-refractivity contribution in [3.63, 3.8) is 0 Å². The van der Waals surface area contributed by atoms with E-state index in [0.717, 1.165) is 12.0 Å². The smallest absolute Gasteiger partial charge is 0.200 e. The molecule has 0 aliphatic rings. The van der Waals surface area contributed by atoms with Gasteiger partial charge < -0.3 is 14.6 Å². The van der Waals surface area contributed by atoms with Crippen LogP contribution in [-0.2, 0) is 5.41 Å². The Morgan fingerprint density at radius 2 is 1.55 bits per heavy atom. The van der Waals surface area contributed by atoms with Crippen molar-refractivity contribution in [2.45, 2.75) is 58.3 Å². The molecule has 0 radical (unpaired) electrons. The van der Waals surface area contributed by atoms with Crippen molar-refractivity contribution >= 4 is 0 Å². The molecule has 3 heteroatoms. The average molecular weight is 280 g/mol. The maximum atomic E-state index is 9.98. The number of ether oxygens (including phenoxy) is 2. The van der Waals surface area contributed by atoms with Crippen LogP contribution in [0.1, 0.15) is 58.4 Å². The van der Waals surface area contributed by atoms with Gasteiger partial charge in [0, 0.05) is 0 Å². The fraction of sp³-hybridized carbons (Fsp3) is 0.647. The summed E-state index contributed by atoms with van der Waals surface area (Å²) in [5.74, 6) is 1.02. The van der Waals surface area contributed by atoms with E-state index < -0.39 is 0 Å². The number of hydrogen-bond acceptors (Lipinski definition) is 3. The quantitative estimate of drug-likeness (QED) is 0.704. The number of hydrogen-bond donors (Lipinski definition) is 1. The van der Waals surface area contributed by atoms with Gasteiger partial charge in [0.05, 0.1) is 14.2 Å². The number of methoxy groups -OCH3 is 2. The van der Waals surface area contributed by atoms with E-state index in [0.29, 0.717) is 11.5 Å². The minimum absolute atomic E-state index is 0.0437. The summed E-state index contributed by atoms with van der Waals surface area (Å²) in [6, 6.07) is 3.83. The van der Waals surface area contributed by atoms with Gasteiger partial charge in [-0.3, -0.25) is 0 Å². The van der Waals surface area contributed by atoms with Crippen molar-refractivity contribution in [3.05, 3.63) is 17.7 Å². The first kappa shape index (κ1) is 16.7. The number of aromatic hydroxyl groups is 1. The van der Waals surface area contributed by atoms with Gasteiger partial charge in [0.2, 0.25) is 5.75 Å². The Kier molecular flexibility index (Phi) is 6.18. The summed E-state index contributed by atoms with van der Waals surface area (Å²) in [7, 11) is 3.12. The van der Waals surface area contributed by atoms with Crippen LogP contribution in [0.15, 0.2) is 12.1 Å². The second kappa shape index (κ2) is 7.41. The third-order valence-electron chi connectivity index (χ3n) is 3.92. The van der Waals surface area contributed by atoms with E-state index in [4.69, 9.17) is 9.47 Å². The maximum absolute atomic E-state index is 9.98. The number of phenols is 1. The predicted octanol–water partition coefficient (Wildman–Crippen LogP) is 4.66. The molecule has 0 heterocycles. The van der Waals surface area contributed by atoms with Crippen LogP contribution in [0.3, 0.4) is 0 Å². The van der Waals surface area contributed by atoms with Crippen LogP contribution >= 0.6 is 0 Å². The Balaban J connectivity index is 2.93. The average Bonchev–Trinajstić information content (AvgIpc) is 2.43. The molecule has 114 valence electrons. The van der Waals surface area contributed by atoms with Gasteiger partial charge in [0.15, 0.2) is 11.5 Å². The lowest BCUT2D eigenvalue weighted by Crippen LogP contribution is -2.17. The Morgan fingerprint density at radius 1 is 1.00 bits per heavy atom. The zero-order valence-electron chi connectivity index (χ0n) is 13.5. The molecule has 0 bridgehead atoms. The second-order valence-corrected chi connectivity index (χ2v) is 5.92. The van der Waals surface area contributed by atoms with Crippen LogP contribution < -0.4 is 9.47 Å². The van der Waals surface area contributed by atoms with E-state index in [-0.39, 0.29) is 11.2 Å². The highest BCUT2D eigenvalue weighted by atomic mass is 16.5. The fourth-order valence-corrected chi connectivity index (χ4v) is 2.42. The normalized spacial score (nSPS) is 11.4. The van der Waals surface area contributed by atoms with E-state index in [1.54, 1.807) is 14.2 Å². The zero-order chi connectivity index (χ0) is 15.2. The van der Waals surface area contributed by atoms with E-state index >= 15 is 0 Å². The van der Waals surface area contributed by atoms with Crippen molar-refractivity contribution in [2.24, 2.45) is 0 Å². The highest BCUT2D eigenvalue weighted by Crippen LogP contribution is 2.41. The van der Waals surface area contributed by atoms with Gasteiger partial charge in [0.1, 0.15) is 0 Å². The molecule has 0 aliphatic carbocycles. The van der Waals surface area contributed by atoms with Crippen LogP contribution in [0.5, 0.6) is 17.2 Å². The molecule has 1 aromatic carbocycles. The lowest BCUT2D eigenvalue weighted by atomic mass is 9.79. The van der Waals surface area contributed by atoms with Crippen LogP contribution in [0.4, 0.5) is 0 Å². The van der Waals surface area contributed by atoms with E-state index in [1.807, 2.05) is 12.1 Å². The predicted molar refractivity (Wildman–Crippen MR) is 83.0 cm³/mol. The first-order chi connectivity index (χ1) is 9.46. The van der Waals surface area contributed by atoms with Crippen molar-refractivity contribution < 1.29 is 14.6 Å². The minimum atomic E-state index is 0.0437. The highest BCUT2D eigenvalue weighted by molar-refractivity contribution is 5.54. The molecule has 0 amide bonds. The largest absolute Gasteiger partial charge is 0.502 e. The van der Waals surface area contributed by atoms with Gasteiger partial charge in [0.25, 0.3) is 0 Å². The number of benzene rings is 1. The Bertz CT molecular complexity index is 399. The number of rotatable bonds is 8. The Morgan fingerprint density at radius 3 is 2.00 bits per heavy atom. The molecule has 0 unspecified atom stereocenters. The Labute approximate surface area is 122 Å². The fourth-order valence-electron chi connectivity index (χ4n) is 2.42. The first-order valence-corrected chi connectivity index (χ1v) is 7.41. The lowest BCUT2D eigenvalue weighted by molar-refractivity contribution is 0.336. The molecule has 3 nitrogen and oxygen atoms in total. The topological polar surface area (TPSA) is 38.7 Å².